The average molecular weight is 317 g/mol. The Morgan fingerprint density at radius 1 is 1.40 bits per heavy atom. The molecule has 4 nitrogen and oxygen atoms in total. The normalized spacial score (nSPS) is 23.9. The van der Waals surface area contributed by atoms with E-state index in [1.165, 1.54) is 6.42 Å². The van der Waals surface area contributed by atoms with Gasteiger partial charge in [-0.1, -0.05) is 26.2 Å². The maximum absolute atomic E-state index is 12.5. The van der Waals surface area contributed by atoms with Gasteiger partial charge < -0.3 is 5.11 Å². The van der Waals surface area contributed by atoms with Crippen molar-refractivity contribution >= 4 is 21.4 Å². The van der Waals surface area contributed by atoms with Crippen molar-refractivity contribution < 1.29 is 13.5 Å². The summed E-state index contributed by atoms with van der Waals surface area (Å²) in [6.45, 7) is 3.85. The molecule has 0 saturated heterocycles. The van der Waals surface area contributed by atoms with Crippen molar-refractivity contribution in [2.45, 2.75) is 62.8 Å². The number of aliphatic hydroxyl groups excluding tert-OH is 1. The second-order valence-electron chi connectivity index (χ2n) is 5.51. The van der Waals surface area contributed by atoms with E-state index in [4.69, 9.17) is 0 Å². The zero-order chi connectivity index (χ0) is 14.8. The van der Waals surface area contributed by atoms with E-state index in [0.717, 1.165) is 47.5 Å². The van der Waals surface area contributed by atoms with Crippen LogP contribution in [0.4, 0.5) is 0 Å². The standard InChI is InChI=1S/C14H23NO3S2/c1-3-11-6-4-5-7-12(11)15-20(17,18)14-8-10(2)13(9-16)19-14/h8,11-12,15-16H,3-7,9H2,1-2H3. The van der Waals surface area contributed by atoms with Gasteiger partial charge in [0.25, 0.3) is 0 Å². The van der Waals surface area contributed by atoms with Crippen LogP contribution in [0.3, 0.4) is 0 Å². The number of thiophene rings is 1. The van der Waals surface area contributed by atoms with Gasteiger partial charge in [-0.15, -0.1) is 11.3 Å². The van der Waals surface area contributed by atoms with Gasteiger partial charge in [0, 0.05) is 10.9 Å². The second kappa shape index (κ2) is 6.56. The fraction of sp³-hybridized carbons (Fsp3) is 0.714. The summed E-state index contributed by atoms with van der Waals surface area (Å²) in [7, 11) is -3.46. The van der Waals surface area contributed by atoms with Crippen LogP contribution in [-0.2, 0) is 16.6 Å². The first-order chi connectivity index (χ1) is 9.47. The number of rotatable bonds is 5. The molecule has 0 aliphatic heterocycles. The number of aryl methyl sites for hydroxylation is 1. The molecule has 0 aromatic carbocycles. The lowest BCUT2D eigenvalue weighted by Gasteiger charge is -2.31. The summed E-state index contributed by atoms with van der Waals surface area (Å²) in [5.74, 6) is 0.442. The van der Waals surface area contributed by atoms with Crippen molar-refractivity contribution in [2.24, 2.45) is 5.92 Å². The molecular formula is C14H23NO3S2. The molecule has 1 aromatic heterocycles. The van der Waals surface area contributed by atoms with Gasteiger partial charge in [0.2, 0.25) is 10.0 Å². The van der Waals surface area contributed by atoms with E-state index in [2.05, 4.69) is 11.6 Å². The van der Waals surface area contributed by atoms with Crippen LogP contribution in [0.15, 0.2) is 10.3 Å². The van der Waals surface area contributed by atoms with E-state index in [0.29, 0.717) is 10.1 Å². The van der Waals surface area contributed by atoms with Crippen LogP contribution >= 0.6 is 11.3 Å². The van der Waals surface area contributed by atoms with Crippen LogP contribution < -0.4 is 4.72 Å². The van der Waals surface area contributed by atoms with Crippen molar-refractivity contribution in [3.63, 3.8) is 0 Å². The molecule has 2 atom stereocenters. The predicted molar refractivity (Wildman–Crippen MR) is 81.3 cm³/mol. The third-order valence-corrected chi connectivity index (χ3v) is 7.33. The van der Waals surface area contributed by atoms with Gasteiger partial charge in [-0.2, -0.15) is 0 Å². The highest BCUT2D eigenvalue weighted by atomic mass is 32.2. The molecule has 0 bridgehead atoms. The molecule has 0 radical (unpaired) electrons. The highest BCUT2D eigenvalue weighted by Gasteiger charge is 2.29. The molecule has 0 spiro atoms. The van der Waals surface area contributed by atoms with Crippen LogP contribution in [0, 0.1) is 12.8 Å². The third kappa shape index (κ3) is 3.42. The van der Waals surface area contributed by atoms with Crippen LogP contribution in [-0.4, -0.2) is 19.6 Å². The molecule has 1 saturated carbocycles. The highest BCUT2D eigenvalue weighted by Crippen LogP contribution is 2.30. The minimum absolute atomic E-state index is 0.0544. The van der Waals surface area contributed by atoms with Gasteiger partial charge in [0.1, 0.15) is 4.21 Å². The van der Waals surface area contributed by atoms with E-state index in [-0.39, 0.29) is 12.6 Å². The number of nitrogens with one attached hydrogen (secondary N) is 1. The second-order valence-corrected chi connectivity index (χ2v) is 8.59. The Balaban J connectivity index is 2.17. The number of hydrogen-bond acceptors (Lipinski definition) is 4. The van der Waals surface area contributed by atoms with Gasteiger partial charge in [-0.25, -0.2) is 13.1 Å². The molecule has 20 heavy (non-hydrogen) atoms. The molecule has 114 valence electrons. The fourth-order valence-corrected chi connectivity index (χ4v) is 5.69. The lowest BCUT2D eigenvalue weighted by Crippen LogP contribution is -2.41. The van der Waals surface area contributed by atoms with Gasteiger partial charge in [-0.3, -0.25) is 0 Å². The maximum Gasteiger partial charge on any atom is 0.250 e. The molecule has 1 fully saturated rings. The van der Waals surface area contributed by atoms with Crippen LogP contribution in [0.2, 0.25) is 0 Å². The van der Waals surface area contributed by atoms with Crippen LogP contribution in [0.1, 0.15) is 49.5 Å². The molecule has 1 aliphatic rings. The number of hydrogen-bond donors (Lipinski definition) is 2. The van der Waals surface area contributed by atoms with Gasteiger partial charge in [-0.05, 0) is 37.3 Å². The van der Waals surface area contributed by atoms with Crippen molar-refractivity contribution in [3.8, 4) is 0 Å². The molecule has 0 amide bonds. The van der Waals surface area contributed by atoms with Crippen molar-refractivity contribution in [1.82, 2.24) is 4.72 Å². The summed E-state index contributed by atoms with van der Waals surface area (Å²) >= 11 is 1.16. The molecule has 1 heterocycles. The summed E-state index contributed by atoms with van der Waals surface area (Å²) < 4.78 is 28.1. The van der Waals surface area contributed by atoms with Crippen LogP contribution in [0.5, 0.6) is 0 Å². The first-order valence-corrected chi connectivity index (χ1v) is 9.50. The number of sulfonamides is 1. The quantitative estimate of drug-likeness (QED) is 0.877. The first kappa shape index (κ1) is 15.9. The van der Waals surface area contributed by atoms with E-state index in [1.54, 1.807) is 6.07 Å². The Kier molecular flexibility index (Phi) is 5.23. The van der Waals surface area contributed by atoms with E-state index in [1.807, 2.05) is 6.92 Å². The van der Waals surface area contributed by atoms with E-state index >= 15 is 0 Å². The Bertz CT molecular complexity index is 551. The lowest BCUT2D eigenvalue weighted by molar-refractivity contribution is 0.282. The van der Waals surface area contributed by atoms with Gasteiger partial charge >= 0.3 is 0 Å². The summed E-state index contributed by atoms with van der Waals surface area (Å²) in [5.41, 5.74) is 0.841. The van der Waals surface area contributed by atoms with Crippen LogP contribution in [0.25, 0.3) is 0 Å². The molecule has 2 unspecified atom stereocenters. The minimum atomic E-state index is -3.46. The zero-order valence-corrected chi connectivity index (χ0v) is 13.7. The highest BCUT2D eigenvalue weighted by molar-refractivity contribution is 7.91. The topological polar surface area (TPSA) is 66.4 Å². The monoisotopic (exact) mass is 317 g/mol. The summed E-state index contributed by atoms with van der Waals surface area (Å²) in [6.07, 6.45) is 5.33. The maximum atomic E-state index is 12.5. The first-order valence-electron chi connectivity index (χ1n) is 7.20. The lowest BCUT2D eigenvalue weighted by atomic mass is 9.83. The fourth-order valence-electron chi connectivity index (χ4n) is 2.89. The molecule has 2 N–H and O–H groups in total. The number of aliphatic hydroxyl groups is 1. The third-order valence-electron chi connectivity index (χ3n) is 4.15. The zero-order valence-electron chi connectivity index (χ0n) is 12.1. The van der Waals surface area contributed by atoms with E-state index in [9.17, 15) is 13.5 Å². The Morgan fingerprint density at radius 3 is 2.70 bits per heavy atom. The van der Waals surface area contributed by atoms with Gasteiger partial charge in [0.05, 0.1) is 6.61 Å². The summed E-state index contributed by atoms with van der Waals surface area (Å²) in [4.78, 5) is 0.723. The largest absolute Gasteiger partial charge is 0.391 e. The molecular weight excluding hydrogens is 294 g/mol. The molecule has 1 aromatic rings. The smallest absolute Gasteiger partial charge is 0.250 e. The predicted octanol–water partition coefficient (Wildman–Crippen LogP) is 2.80. The van der Waals surface area contributed by atoms with E-state index < -0.39 is 10.0 Å². The summed E-state index contributed by atoms with van der Waals surface area (Å²) in [6, 6.07) is 1.71. The van der Waals surface area contributed by atoms with Crippen molar-refractivity contribution in [1.29, 1.82) is 0 Å². The molecule has 2 rings (SSSR count). The minimum Gasteiger partial charge on any atom is -0.391 e. The Morgan fingerprint density at radius 2 is 2.10 bits per heavy atom. The van der Waals surface area contributed by atoms with Crippen molar-refractivity contribution in [3.05, 3.63) is 16.5 Å². The Labute approximate surface area is 125 Å². The van der Waals surface area contributed by atoms with Gasteiger partial charge in [0.15, 0.2) is 0 Å². The SMILES string of the molecule is CCC1CCCCC1NS(=O)(=O)c1cc(C)c(CO)s1. The Hall–Kier alpha value is -0.430. The van der Waals surface area contributed by atoms with Crippen molar-refractivity contribution in [2.75, 3.05) is 0 Å². The average Bonchev–Trinajstić information content (AvgIpc) is 2.81. The molecule has 1 aliphatic carbocycles. The molecule has 6 heteroatoms. The summed E-state index contributed by atoms with van der Waals surface area (Å²) in [5, 5.41) is 9.19.